The molecule has 1 aromatic heterocycles. The van der Waals surface area contributed by atoms with Gasteiger partial charge >= 0.3 is 11.7 Å². The zero-order valence-corrected chi connectivity index (χ0v) is 13.4. The molecule has 3 rings (SSSR count). The molecule has 0 spiro atoms. The Hall–Kier alpha value is -2.55. The molecule has 9 heteroatoms. The van der Waals surface area contributed by atoms with Crippen molar-refractivity contribution in [3.05, 3.63) is 45.1 Å². The number of carbonyl (C=O) groups is 2. The molecule has 1 aromatic carbocycles. The number of rotatable bonds is 4. The highest BCUT2D eigenvalue weighted by atomic mass is 32.2. The van der Waals surface area contributed by atoms with Gasteiger partial charge < -0.3 is 15.4 Å². The lowest BCUT2D eigenvalue weighted by molar-refractivity contribution is -0.146. The quantitative estimate of drug-likeness (QED) is 0.701. The minimum absolute atomic E-state index is 0.261. The highest BCUT2D eigenvalue weighted by Crippen LogP contribution is 2.28. The van der Waals surface area contributed by atoms with Crippen molar-refractivity contribution in [1.82, 2.24) is 14.9 Å². The van der Waals surface area contributed by atoms with Crippen LogP contribution in [0.4, 0.5) is 0 Å². The number of thioether (sulfide) groups is 1. The summed E-state index contributed by atoms with van der Waals surface area (Å²) in [6.07, 6.45) is 0.307. The Morgan fingerprint density at radius 3 is 2.75 bits per heavy atom. The zero-order valence-electron chi connectivity index (χ0n) is 12.6. The number of amides is 1. The third-order valence-electron chi connectivity index (χ3n) is 4.00. The lowest BCUT2D eigenvalue weighted by Gasteiger charge is -2.24. The number of carbonyl (C=O) groups excluding carboxylic acids is 1. The molecule has 1 amide bonds. The van der Waals surface area contributed by atoms with Crippen molar-refractivity contribution < 1.29 is 14.7 Å². The lowest BCUT2D eigenvalue weighted by atomic mass is 9.99. The number of aliphatic carboxylic acids is 1. The molecule has 24 heavy (non-hydrogen) atoms. The molecule has 1 atom stereocenters. The zero-order chi connectivity index (χ0) is 17.3. The van der Waals surface area contributed by atoms with Gasteiger partial charge in [0.05, 0.1) is 10.9 Å². The molecule has 1 aliphatic rings. The van der Waals surface area contributed by atoms with Crippen molar-refractivity contribution in [2.24, 2.45) is 0 Å². The van der Waals surface area contributed by atoms with Gasteiger partial charge in [0.1, 0.15) is 12.1 Å². The van der Waals surface area contributed by atoms with Gasteiger partial charge in [-0.3, -0.25) is 14.2 Å². The van der Waals surface area contributed by atoms with E-state index < -0.39 is 35.2 Å². The Balaban J connectivity index is 1.90. The predicted octanol–water partition coefficient (Wildman–Crippen LogP) is -0.234. The van der Waals surface area contributed by atoms with E-state index in [1.54, 1.807) is 24.3 Å². The first-order valence-corrected chi connectivity index (χ1v) is 8.42. The average molecular weight is 349 g/mol. The Bertz CT molecular complexity index is 927. The molecule has 1 saturated heterocycles. The molecule has 1 unspecified atom stereocenters. The van der Waals surface area contributed by atoms with Gasteiger partial charge in [0.2, 0.25) is 5.91 Å². The molecular weight excluding hydrogens is 334 g/mol. The van der Waals surface area contributed by atoms with Crippen molar-refractivity contribution in [2.45, 2.75) is 18.5 Å². The van der Waals surface area contributed by atoms with Crippen LogP contribution in [0.3, 0.4) is 0 Å². The lowest BCUT2D eigenvalue weighted by Crippen LogP contribution is -2.56. The van der Waals surface area contributed by atoms with E-state index in [1.807, 2.05) is 0 Å². The van der Waals surface area contributed by atoms with Gasteiger partial charge in [-0.15, -0.1) is 0 Å². The van der Waals surface area contributed by atoms with Crippen molar-refractivity contribution in [2.75, 3.05) is 11.5 Å². The molecule has 0 saturated carbocycles. The number of carboxylic acids is 1. The molecular formula is C15H15N3O5S. The van der Waals surface area contributed by atoms with Crippen molar-refractivity contribution in [3.63, 3.8) is 0 Å². The van der Waals surface area contributed by atoms with Gasteiger partial charge in [0.15, 0.2) is 0 Å². The van der Waals surface area contributed by atoms with Crippen LogP contribution in [0.5, 0.6) is 0 Å². The number of para-hydroxylation sites is 1. The first kappa shape index (κ1) is 16.3. The minimum atomic E-state index is -1.34. The maximum absolute atomic E-state index is 12.4. The number of nitrogens with zero attached hydrogens (tertiary/aromatic N) is 1. The fraction of sp³-hybridized carbons (Fsp3) is 0.333. The number of fused-ring (bicyclic) bond motifs is 1. The van der Waals surface area contributed by atoms with E-state index in [9.17, 15) is 24.3 Å². The maximum atomic E-state index is 12.4. The number of H-pyrrole nitrogens is 1. The number of hydrogen-bond donors (Lipinski definition) is 3. The molecule has 1 fully saturated rings. The third kappa shape index (κ3) is 2.82. The van der Waals surface area contributed by atoms with Gasteiger partial charge in [-0.25, -0.2) is 9.59 Å². The molecule has 0 bridgehead atoms. The van der Waals surface area contributed by atoms with E-state index in [0.717, 1.165) is 4.57 Å². The molecule has 3 N–H and O–H groups in total. The summed E-state index contributed by atoms with van der Waals surface area (Å²) in [5.41, 5.74) is -2.25. The predicted molar refractivity (Wildman–Crippen MR) is 89.3 cm³/mol. The van der Waals surface area contributed by atoms with E-state index in [4.69, 9.17) is 0 Å². The second-order valence-corrected chi connectivity index (χ2v) is 6.71. The highest BCUT2D eigenvalue weighted by Gasteiger charge is 2.43. The van der Waals surface area contributed by atoms with Crippen molar-refractivity contribution in [1.29, 1.82) is 0 Å². The van der Waals surface area contributed by atoms with E-state index >= 15 is 0 Å². The third-order valence-corrected chi connectivity index (χ3v) is 5.19. The minimum Gasteiger partial charge on any atom is -0.479 e. The average Bonchev–Trinajstić information content (AvgIpc) is 3.01. The summed E-state index contributed by atoms with van der Waals surface area (Å²) < 4.78 is 0.773. The number of carboxylic acid groups (broad SMARTS) is 1. The highest BCUT2D eigenvalue weighted by molar-refractivity contribution is 7.99. The van der Waals surface area contributed by atoms with Crippen LogP contribution in [0.2, 0.25) is 0 Å². The normalized spacial score (nSPS) is 20.2. The molecule has 2 aromatic rings. The largest absolute Gasteiger partial charge is 0.479 e. The van der Waals surface area contributed by atoms with Crippen molar-refractivity contribution in [3.8, 4) is 0 Å². The molecule has 0 radical (unpaired) electrons. The summed E-state index contributed by atoms with van der Waals surface area (Å²) in [7, 11) is 0. The van der Waals surface area contributed by atoms with Crippen LogP contribution in [0, 0.1) is 0 Å². The van der Waals surface area contributed by atoms with Crippen molar-refractivity contribution >= 4 is 34.5 Å². The van der Waals surface area contributed by atoms with Crippen LogP contribution in [0.1, 0.15) is 6.42 Å². The summed E-state index contributed by atoms with van der Waals surface area (Å²) in [4.78, 5) is 50.6. The van der Waals surface area contributed by atoms with E-state index in [-0.39, 0.29) is 11.1 Å². The van der Waals surface area contributed by atoms with Crippen LogP contribution in [0.15, 0.2) is 33.9 Å². The molecule has 2 heterocycles. The number of hydrogen-bond acceptors (Lipinski definition) is 5. The first-order valence-electron chi connectivity index (χ1n) is 7.27. The molecule has 1 aliphatic heterocycles. The second-order valence-electron chi connectivity index (χ2n) is 5.61. The van der Waals surface area contributed by atoms with Crippen LogP contribution in [-0.2, 0) is 16.1 Å². The monoisotopic (exact) mass is 349 g/mol. The maximum Gasteiger partial charge on any atom is 0.330 e. The topological polar surface area (TPSA) is 121 Å². The van der Waals surface area contributed by atoms with Crippen LogP contribution in [-0.4, -0.2) is 43.6 Å². The Morgan fingerprint density at radius 2 is 2.08 bits per heavy atom. The fourth-order valence-electron chi connectivity index (χ4n) is 2.68. The van der Waals surface area contributed by atoms with E-state index in [1.165, 1.54) is 11.8 Å². The molecule has 126 valence electrons. The van der Waals surface area contributed by atoms with Gasteiger partial charge in [-0.05, 0) is 24.3 Å². The number of aromatic nitrogens is 2. The Kier molecular flexibility index (Phi) is 4.18. The Morgan fingerprint density at radius 1 is 1.33 bits per heavy atom. The summed E-state index contributed by atoms with van der Waals surface area (Å²) in [6.45, 7) is -0.529. The summed E-state index contributed by atoms with van der Waals surface area (Å²) in [5, 5.41) is 12.1. The van der Waals surface area contributed by atoms with Gasteiger partial charge in [0.25, 0.3) is 5.56 Å². The molecule has 8 nitrogen and oxygen atoms in total. The van der Waals surface area contributed by atoms with Crippen LogP contribution < -0.4 is 16.6 Å². The second kappa shape index (κ2) is 6.16. The Labute approximate surface area is 139 Å². The SMILES string of the molecule is O=C(Cn1c(=O)[nH]c2ccccc2c1=O)NC1(C(=O)O)CCSC1. The number of aromatic amines is 1. The van der Waals surface area contributed by atoms with E-state index in [0.29, 0.717) is 17.7 Å². The first-order chi connectivity index (χ1) is 11.4. The van der Waals surface area contributed by atoms with Crippen LogP contribution >= 0.6 is 11.8 Å². The molecule has 0 aliphatic carbocycles. The van der Waals surface area contributed by atoms with Crippen LogP contribution in [0.25, 0.3) is 10.9 Å². The van der Waals surface area contributed by atoms with E-state index in [2.05, 4.69) is 10.3 Å². The van der Waals surface area contributed by atoms with Gasteiger partial charge in [-0.2, -0.15) is 11.8 Å². The smallest absolute Gasteiger partial charge is 0.330 e. The summed E-state index contributed by atoms with van der Waals surface area (Å²) in [6, 6.07) is 6.48. The summed E-state index contributed by atoms with van der Waals surface area (Å²) >= 11 is 1.43. The standard InChI is InChI=1S/C15H15N3O5S/c19-11(17-15(13(21)22)5-6-24-8-15)7-18-12(20)9-3-1-2-4-10(9)16-14(18)23/h1-4H,5-8H2,(H,16,23)(H,17,19)(H,21,22). The van der Waals surface area contributed by atoms with Gasteiger partial charge in [-0.1, -0.05) is 12.1 Å². The number of benzene rings is 1. The number of nitrogens with one attached hydrogen (secondary N) is 2. The van der Waals surface area contributed by atoms with Gasteiger partial charge in [0, 0.05) is 5.75 Å². The summed E-state index contributed by atoms with van der Waals surface area (Å²) in [5.74, 6) is -0.899. The fourth-order valence-corrected chi connectivity index (χ4v) is 4.00.